The highest BCUT2D eigenvalue weighted by molar-refractivity contribution is 7.98. The van der Waals surface area contributed by atoms with Crippen molar-refractivity contribution in [2.24, 2.45) is 5.73 Å². The van der Waals surface area contributed by atoms with E-state index in [-0.39, 0.29) is 10.7 Å². The quantitative estimate of drug-likeness (QED) is 0.304. The third-order valence-electron chi connectivity index (χ3n) is 6.41. The number of primary amides is 1. The number of rotatable bonds is 11. The minimum absolute atomic E-state index is 0.0734. The number of ether oxygens (including phenoxy) is 2. The maximum Gasteiger partial charge on any atom is 0.217 e. The molecule has 2 fully saturated rings. The molecule has 1 aromatic heterocycles. The van der Waals surface area contributed by atoms with Crippen molar-refractivity contribution < 1.29 is 14.3 Å². The van der Waals surface area contributed by atoms with Gasteiger partial charge in [0, 0.05) is 49.1 Å². The van der Waals surface area contributed by atoms with Gasteiger partial charge in [-0.2, -0.15) is 0 Å². The summed E-state index contributed by atoms with van der Waals surface area (Å²) in [6.45, 7) is 13.8. The number of carbonyl (C=O) groups excluding carboxylic acids is 1. The zero-order valence-corrected chi connectivity index (χ0v) is 22.5. The van der Waals surface area contributed by atoms with E-state index >= 15 is 0 Å². The highest BCUT2D eigenvalue weighted by Crippen LogP contribution is 2.43. The lowest BCUT2D eigenvalue weighted by Crippen LogP contribution is -2.40. The van der Waals surface area contributed by atoms with Gasteiger partial charge in [0.1, 0.15) is 12.4 Å². The maximum absolute atomic E-state index is 11.4. The lowest BCUT2D eigenvalue weighted by atomic mass is 9.93. The lowest BCUT2D eigenvalue weighted by molar-refractivity contribution is -0.118. The Morgan fingerprint density at radius 2 is 2.03 bits per heavy atom. The summed E-state index contributed by atoms with van der Waals surface area (Å²) in [6, 6.07) is 4.12. The van der Waals surface area contributed by atoms with Crippen LogP contribution in [0.2, 0.25) is 0 Å². The number of allylic oxidation sites excluding steroid dienone is 3. The van der Waals surface area contributed by atoms with E-state index in [1.807, 2.05) is 63.2 Å². The van der Waals surface area contributed by atoms with Crippen LogP contribution in [0.15, 0.2) is 54.8 Å². The van der Waals surface area contributed by atoms with Crippen LogP contribution in [-0.2, 0) is 9.53 Å². The van der Waals surface area contributed by atoms with E-state index in [2.05, 4.69) is 17.0 Å². The molecule has 3 heterocycles. The summed E-state index contributed by atoms with van der Waals surface area (Å²) >= 11 is 1.94. The van der Waals surface area contributed by atoms with E-state index in [4.69, 9.17) is 20.2 Å². The third kappa shape index (κ3) is 9.82. The molecule has 2 aliphatic heterocycles. The van der Waals surface area contributed by atoms with Gasteiger partial charge in [-0.1, -0.05) is 56.7 Å². The first-order chi connectivity index (χ1) is 17.0. The van der Waals surface area contributed by atoms with Crippen LogP contribution in [0.4, 0.5) is 0 Å². The minimum atomic E-state index is -0.214. The molecule has 0 saturated carbocycles. The van der Waals surface area contributed by atoms with Gasteiger partial charge < -0.3 is 15.2 Å². The Kier molecular flexibility index (Phi) is 13.2. The van der Waals surface area contributed by atoms with Crippen molar-refractivity contribution in [2.45, 2.75) is 70.0 Å². The topological polar surface area (TPSA) is 77.7 Å². The van der Waals surface area contributed by atoms with Gasteiger partial charge in [0.05, 0.1) is 6.20 Å². The SMILES string of the molecule is C=C/C=C\C(=C/C)COc1ccc(C2CCN(SC3(CCC(N)=O)CCOCC3)CC2)nc1.CC. The Morgan fingerprint density at radius 3 is 2.60 bits per heavy atom. The molecule has 6 nitrogen and oxygen atoms in total. The summed E-state index contributed by atoms with van der Waals surface area (Å²) in [4.78, 5) is 16.1. The molecule has 0 bridgehead atoms. The maximum atomic E-state index is 11.4. The zero-order valence-electron chi connectivity index (χ0n) is 21.7. The molecule has 0 aliphatic carbocycles. The second kappa shape index (κ2) is 15.8. The largest absolute Gasteiger partial charge is 0.487 e. The van der Waals surface area contributed by atoms with Crippen molar-refractivity contribution >= 4 is 17.9 Å². The predicted octanol–water partition coefficient (Wildman–Crippen LogP) is 5.82. The fourth-order valence-corrected chi connectivity index (χ4v) is 5.79. The molecule has 7 heteroatoms. The van der Waals surface area contributed by atoms with Crippen LogP contribution in [0.3, 0.4) is 0 Å². The smallest absolute Gasteiger partial charge is 0.217 e. The van der Waals surface area contributed by atoms with Crippen molar-refractivity contribution in [2.75, 3.05) is 32.9 Å². The molecule has 2 N–H and O–H groups in total. The Labute approximate surface area is 216 Å². The Hall–Kier alpha value is -2.09. The Morgan fingerprint density at radius 1 is 1.31 bits per heavy atom. The number of aromatic nitrogens is 1. The molecule has 35 heavy (non-hydrogen) atoms. The van der Waals surface area contributed by atoms with Gasteiger partial charge in [0.2, 0.25) is 5.91 Å². The highest BCUT2D eigenvalue weighted by atomic mass is 32.2. The van der Waals surface area contributed by atoms with Crippen molar-refractivity contribution in [3.8, 4) is 5.75 Å². The van der Waals surface area contributed by atoms with Crippen molar-refractivity contribution in [1.82, 2.24) is 9.29 Å². The Bertz CT molecular complexity index is 824. The van der Waals surface area contributed by atoms with Crippen LogP contribution in [0.1, 0.15) is 70.9 Å². The molecule has 0 spiro atoms. The highest BCUT2D eigenvalue weighted by Gasteiger charge is 2.37. The van der Waals surface area contributed by atoms with Crippen LogP contribution < -0.4 is 10.5 Å². The predicted molar refractivity (Wildman–Crippen MR) is 147 cm³/mol. The van der Waals surface area contributed by atoms with Gasteiger partial charge in [0.15, 0.2) is 0 Å². The van der Waals surface area contributed by atoms with Gasteiger partial charge in [-0.3, -0.25) is 14.1 Å². The number of nitrogens with two attached hydrogens (primary N) is 1. The fraction of sp³-hybridized carbons (Fsp3) is 0.571. The van der Waals surface area contributed by atoms with Gasteiger partial charge in [0.25, 0.3) is 0 Å². The number of hydrogen-bond donors (Lipinski definition) is 1. The molecule has 0 atom stereocenters. The third-order valence-corrected chi connectivity index (χ3v) is 8.03. The number of pyridine rings is 1. The van der Waals surface area contributed by atoms with E-state index in [1.165, 1.54) is 0 Å². The van der Waals surface area contributed by atoms with Crippen LogP contribution in [0.5, 0.6) is 5.75 Å². The molecule has 0 aromatic carbocycles. The van der Waals surface area contributed by atoms with Gasteiger partial charge >= 0.3 is 0 Å². The second-order valence-electron chi connectivity index (χ2n) is 8.72. The summed E-state index contributed by atoms with van der Waals surface area (Å²) in [7, 11) is 0. The van der Waals surface area contributed by atoms with E-state index in [0.29, 0.717) is 18.9 Å². The van der Waals surface area contributed by atoms with Gasteiger partial charge in [-0.15, -0.1) is 0 Å². The summed E-state index contributed by atoms with van der Waals surface area (Å²) in [5.74, 6) is 1.04. The van der Waals surface area contributed by atoms with Crippen LogP contribution in [0, 0.1) is 0 Å². The first-order valence-electron chi connectivity index (χ1n) is 12.9. The van der Waals surface area contributed by atoms with E-state index in [9.17, 15) is 4.79 Å². The van der Waals surface area contributed by atoms with Crippen LogP contribution >= 0.6 is 11.9 Å². The van der Waals surface area contributed by atoms with Crippen molar-refractivity contribution in [3.63, 3.8) is 0 Å². The number of carbonyl (C=O) groups is 1. The molecule has 3 rings (SSSR count). The zero-order chi connectivity index (χ0) is 25.5. The summed E-state index contributed by atoms with van der Waals surface area (Å²) in [5.41, 5.74) is 7.67. The average Bonchev–Trinajstić information content (AvgIpc) is 2.90. The molecule has 1 aromatic rings. The average molecular weight is 502 g/mol. The van der Waals surface area contributed by atoms with Crippen molar-refractivity contribution in [1.29, 1.82) is 0 Å². The molecule has 2 saturated heterocycles. The molecule has 1 amide bonds. The van der Waals surface area contributed by atoms with Crippen molar-refractivity contribution in [3.05, 3.63) is 60.5 Å². The number of amides is 1. The molecule has 2 aliphatic rings. The van der Waals surface area contributed by atoms with Gasteiger partial charge in [-0.05, 0) is 56.7 Å². The second-order valence-corrected chi connectivity index (χ2v) is 10.3. The normalized spacial score (nSPS) is 19.1. The first kappa shape index (κ1) is 29.1. The van der Waals surface area contributed by atoms with E-state index < -0.39 is 0 Å². The summed E-state index contributed by atoms with van der Waals surface area (Å²) in [6.07, 6.45) is 14.9. The molecule has 0 unspecified atom stereocenters. The van der Waals surface area contributed by atoms with Gasteiger partial charge in [-0.25, -0.2) is 0 Å². The van der Waals surface area contributed by atoms with Crippen LogP contribution in [0.25, 0.3) is 0 Å². The molecule has 194 valence electrons. The van der Waals surface area contributed by atoms with Crippen LogP contribution in [-0.4, -0.2) is 52.9 Å². The number of piperidine rings is 1. The monoisotopic (exact) mass is 501 g/mol. The lowest BCUT2D eigenvalue weighted by Gasteiger charge is -2.42. The number of nitrogens with zero attached hydrogens (tertiary/aromatic N) is 2. The van der Waals surface area contributed by atoms with E-state index in [1.54, 1.807) is 6.08 Å². The summed E-state index contributed by atoms with van der Waals surface area (Å²) in [5, 5.41) is 0. The summed E-state index contributed by atoms with van der Waals surface area (Å²) < 4.78 is 14.0. The fourth-order valence-electron chi connectivity index (χ4n) is 4.30. The number of hydrogen-bond acceptors (Lipinski definition) is 6. The standard InChI is InChI=1S/C26H37N3O3S.C2H6/c1-3-5-6-21(4-2)20-32-23-7-8-24(28-19-23)22-10-15-29(16-11-22)33-26(12-9-25(27)30)13-17-31-18-14-26;1-2/h3-8,19,22H,1,9-18,20H2,2H3,(H2,27,30);1-2H3/b6-5-,21-4+;. The molecule has 0 radical (unpaired) electrons. The molecular weight excluding hydrogens is 458 g/mol. The minimum Gasteiger partial charge on any atom is -0.487 e. The molecular formula is C28H43N3O3S. The Balaban J connectivity index is 0.00000210. The first-order valence-corrected chi connectivity index (χ1v) is 13.6. The van der Waals surface area contributed by atoms with E-state index in [0.717, 1.165) is 75.4 Å².